The summed E-state index contributed by atoms with van der Waals surface area (Å²) in [6.07, 6.45) is 0. The summed E-state index contributed by atoms with van der Waals surface area (Å²) in [6.45, 7) is 14.2. The molecule has 22 heavy (non-hydrogen) atoms. The maximum Gasteiger partial charge on any atom is 0.338 e. The van der Waals surface area contributed by atoms with Crippen LogP contribution in [0.25, 0.3) is 0 Å². The van der Waals surface area contributed by atoms with Crippen molar-refractivity contribution in [2.45, 2.75) is 59.3 Å². The monoisotopic (exact) mass is 309 g/mol. The van der Waals surface area contributed by atoms with Crippen LogP contribution >= 0.6 is 0 Å². The Balaban J connectivity index is 0.00000211. The molecule has 0 bridgehead atoms. The van der Waals surface area contributed by atoms with Crippen molar-refractivity contribution in [3.63, 3.8) is 0 Å². The van der Waals surface area contributed by atoms with Crippen molar-refractivity contribution in [1.29, 1.82) is 0 Å². The van der Waals surface area contributed by atoms with Gasteiger partial charge in [-0.05, 0) is 36.9 Å². The number of phenols is 1. The van der Waals surface area contributed by atoms with Crippen molar-refractivity contribution in [2.24, 2.45) is 5.73 Å². The summed E-state index contributed by atoms with van der Waals surface area (Å²) in [5.41, 5.74) is 6.06. The van der Waals surface area contributed by atoms with Gasteiger partial charge in [0.1, 0.15) is 5.75 Å². The molecule has 0 aliphatic carbocycles. The summed E-state index contributed by atoms with van der Waals surface area (Å²) in [4.78, 5) is 12.0. The van der Waals surface area contributed by atoms with E-state index >= 15 is 0 Å². The number of esters is 1. The molecule has 0 saturated carbocycles. The number of hydrogen-bond donors (Lipinski definition) is 2. The maximum atomic E-state index is 12.0. The van der Waals surface area contributed by atoms with Crippen LogP contribution in [0.15, 0.2) is 12.1 Å². The van der Waals surface area contributed by atoms with E-state index in [9.17, 15) is 9.90 Å². The Morgan fingerprint density at radius 2 is 1.41 bits per heavy atom. The van der Waals surface area contributed by atoms with Crippen molar-refractivity contribution in [3.05, 3.63) is 28.8 Å². The summed E-state index contributed by atoms with van der Waals surface area (Å²) in [5, 5.41) is 10.5. The van der Waals surface area contributed by atoms with E-state index in [4.69, 9.17) is 4.74 Å². The third-order valence-electron chi connectivity index (χ3n) is 3.24. The Hall–Kier alpha value is -1.55. The largest absolute Gasteiger partial charge is 0.507 e. The van der Waals surface area contributed by atoms with Gasteiger partial charge in [0, 0.05) is 11.1 Å². The van der Waals surface area contributed by atoms with E-state index in [-0.39, 0.29) is 22.5 Å². The zero-order chi connectivity index (χ0) is 17.7. The van der Waals surface area contributed by atoms with E-state index in [2.05, 4.69) is 5.73 Å². The van der Waals surface area contributed by atoms with Crippen molar-refractivity contribution in [1.82, 2.24) is 0 Å². The Morgan fingerprint density at radius 1 is 1.05 bits per heavy atom. The van der Waals surface area contributed by atoms with Crippen LogP contribution in [0.4, 0.5) is 0 Å². The number of carbonyl (C=O) groups excluding carboxylic acids is 1. The maximum absolute atomic E-state index is 12.0. The van der Waals surface area contributed by atoms with Crippen LogP contribution in [-0.2, 0) is 15.6 Å². The summed E-state index contributed by atoms with van der Waals surface area (Å²) < 4.78 is 5.08. The van der Waals surface area contributed by atoms with Gasteiger partial charge in [-0.25, -0.2) is 4.79 Å². The highest BCUT2D eigenvalue weighted by atomic mass is 16.5. The van der Waals surface area contributed by atoms with E-state index in [1.54, 1.807) is 19.1 Å². The van der Waals surface area contributed by atoms with Gasteiger partial charge in [0.05, 0.1) is 12.2 Å². The number of phenolic OH excluding ortho intramolecular Hbond substituents is 1. The number of nitrogens with two attached hydrogens (primary N) is 1. The third-order valence-corrected chi connectivity index (χ3v) is 3.24. The lowest BCUT2D eigenvalue weighted by Gasteiger charge is -2.27. The van der Waals surface area contributed by atoms with E-state index in [1.165, 1.54) is 7.05 Å². The number of ether oxygens (including phenoxy) is 1. The van der Waals surface area contributed by atoms with E-state index in [0.717, 1.165) is 11.1 Å². The van der Waals surface area contributed by atoms with Crippen LogP contribution in [-0.4, -0.2) is 24.7 Å². The fourth-order valence-corrected chi connectivity index (χ4v) is 2.11. The second-order valence-corrected chi connectivity index (χ2v) is 7.14. The number of aromatic hydroxyl groups is 1. The molecule has 0 aliphatic rings. The molecule has 0 aromatic heterocycles. The van der Waals surface area contributed by atoms with Crippen LogP contribution in [0.2, 0.25) is 0 Å². The SMILES string of the molecule is CCOC(=O)c1cc(C(C)(C)C)c(O)c(C(C)(C)C)c1.CN. The third kappa shape index (κ3) is 5.02. The van der Waals surface area contributed by atoms with Gasteiger partial charge >= 0.3 is 5.97 Å². The first-order chi connectivity index (χ1) is 9.98. The highest BCUT2D eigenvalue weighted by Crippen LogP contribution is 2.39. The first-order valence-electron chi connectivity index (χ1n) is 7.61. The first-order valence-corrected chi connectivity index (χ1v) is 7.61. The van der Waals surface area contributed by atoms with Crippen molar-refractivity contribution < 1.29 is 14.6 Å². The smallest absolute Gasteiger partial charge is 0.338 e. The molecule has 0 radical (unpaired) electrons. The van der Waals surface area contributed by atoms with Crippen LogP contribution in [0.3, 0.4) is 0 Å². The van der Waals surface area contributed by atoms with Gasteiger partial charge in [0.25, 0.3) is 0 Å². The quantitative estimate of drug-likeness (QED) is 0.816. The lowest BCUT2D eigenvalue weighted by Crippen LogP contribution is -2.19. The van der Waals surface area contributed by atoms with E-state index in [0.29, 0.717) is 12.2 Å². The molecule has 0 saturated heterocycles. The molecule has 0 unspecified atom stereocenters. The first kappa shape index (κ1) is 20.5. The van der Waals surface area contributed by atoms with Gasteiger partial charge in [-0.2, -0.15) is 0 Å². The van der Waals surface area contributed by atoms with E-state index in [1.807, 2.05) is 41.5 Å². The van der Waals surface area contributed by atoms with Crippen LogP contribution in [0.5, 0.6) is 5.75 Å². The second kappa shape index (κ2) is 7.63. The molecule has 1 aromatic carbocycles. The molecule has 0 atom stereocenters. The molecule has 1 rings (SSSR count). The number of hydrogen-bond acceptors (Lipinski definition) is 4. The zero-order valence-electron chi connectivity index (χ0n) is 15.2. The number of rotatable bonds is 2. The molecular formula is C18H31NO3. The molecular weight excluding hydrogens is 278 g/mol. The molecule has 126 valence electrons. The molecule has 0 heterocycles. The zero-order valence-corrected chi connectivity index (χ0v) is 15.2. The Morgan fingerprint density at radius 3 is 1.68 bits per heavy atom. The molecule has 3 N–H and O–H groups in total. The lowest BCUT2D eigenvalue weighted by molar-refractivity contribution is 0.0526. The highest BCUT2D eigenvalue weighted by Gasteiger charge is 2.28. The fraction of sp³-hybridized carbons (Fsp3) is 0.611. The average Bonchev–Trinajstić information content (AvgIpc) is 2.38. The Kier molecular flexibility index (Phi) is 7.10. The summed E-state index contributed by atoms with van der Waals surface area (Å²) >= 11 is 0. The minimum atomic E-state index is -0.344. The van der Waals surface area contributed by atoms with Crippen molar-refractivity contribution in [3.8, 4) is 5.75 Å². The summed E-state index contributed by atoms with van der Waals surface area (Å²) in [5.74, 6) is -0.0680. The molecule has 0 aliphatic heterocycles. The van der Waals surface area contributed by atoms with Gasteiger partial charge in [-0.1, -0.05) is 41.5 Å². The van der Waals surface area contributed by atoms with Gasteiger partial charge < -0.3 is 15.6 Å². The number of carbonyl (C=O) groups is 1. The lowest BCUT2D eigenvalue weighted by atomic mass is 9.78. The predicted molar refractivity (Wildman–Crippen MR) is 91.6 cm³/mol. The van der Waals surface area contributed by atoms with Gasteiger partial charge in [0.2, 0.25) is 0 Å². The molecule has 0 amide bonds. The standard InChI is InChI=1S/C17H26O3.CH5N/c1-8-20-15(19)11-9-12(16(2,3)4)14(18)13(10-11)17(5,6)7;1-2/h9-10,18H,8H2,1-7H3;2H2,1H3. The minimum absolute atomic E-state index is 0.243. The van der Waals surface area contributed by atoms with Crippen LogP contribution in [0.1, 0.15) is 70.0 Å². The molecule has 4 nitrogen and oxygen atoms in total. The van der Waals surface area contributed by atoms with Crippen LogP contribution in [0, 0.1) is 0 Å². The molecule has 1 aromatic rings. The molecule has 0 fully saturated rings. The van der Waals surface area contributed by atoms with Crippen molar-refractivity contribution >= 4 is 5.97 Å². The highest BCUT2D eigenvalue weighted by molar-refractivity contribution is 5.90. The van der Waals surface area contributed by atoms with E-state index < -0.39 is 0 Å². The minimum Gasteiger partial charge on any atom is -0.507 e. The van der Waals surface area contributed by atoms with Gasteiger partial charge in [-0.3, -0.25) is 0 Å². The summed E-state index contributed by atoms with van der Waals surface area (Å²) in [7, 11) is 1.50. The van der Waals surface area contributed by atoms with Crippen molar-refractivity contribution in [2.75, 3.05) is 13.7 Å². The Bertz CT molecular complexity index is 473. The molecule has 4 heteroatoms. The summed E-state index contributed by atoms with van der Waals surface area (Å²) in [6, 6.07) is 3.48. The second-order valence-electron chi connectivity index (χ2n) is 7.14. The Labute approximate surface area is 134 Å². The number of benzene rings is 1. The topological polar surface area (TPSA) is 72.5 Å². The average molecular weight is 309 g/mol. The van der Waals surface area contributed by atoms with Gasteiger partial charge in [0.15, 0.2) is 0 Å². The normalized spacial score (nSPS) is 11.5. The molecule has 0 spiro atoms. The fourth-order valence-electron chi connectivity index (χ4n) is 2.11. The predicted octanol–water partition coefficient (Wildman–Crippen LogP) is 3.74. The van der Waals surface area contributed by atoms with Crippen LogP contribution < -0.4 is 5.73 Å². The van der Waals surface area contributed by atoms with Gasteiger partial charge in [-0.15, -0.1) is 0 Å².